The van der Waals surface area contributed by atoms with E-state index in [1.165, 1.54) is 0 Å². The lowest BCUT2D eigenvalue weighted by Gasteiger charge is -2.08. The molecule has 3 nitrogen and oxygen atoms in total. The second-order valence-electron chi connectivity index (χ2n) is 3.13. The van der Waals surface area contributed by atoms with Gasteiger partial charge in [0.2, 0.25) is 6.41 Å². The van der Waals surface area contributed by atoms with Crippen molar-refractivity contribution in [3.63, 3.8) is 0 Å². The lowest BCUT2D eigenvalue weighted by atomic mass is 10.2. The first kappa shape index (κ1) is 11.3. The fraction of sp³-hybridized carbons (Fsp3) is 0.250. The number of benzene rings is 1. The largest absolute Gasteiger partial charge is 0.494 e. The maximum absolute atomic E-state index is 9.98. The van der Waals surface area contributed by atoms with Crippen LogP contribution in [0.4, 0.5) is 0 Å². The Labute approximate surface area is 89.8 Å². The quantitative estimate of drug-likeness (QED) is 0.419. The summed E-state index contributed by atoms with van der Waals surface area (Å²) in [5.41, 5.74) is 1.11. The number of carbonyl (C=O) groups excluding carboxylic acids is 1. The average Bonchev–Trinajstić information content (AvgIpc) is 2.28. The second-order valence-corrected chi connectivity index (χ2v) is 3.13. The lowest BCUT2D eigenvalue weighted by molar-refractivity contribution is -0.109. The highest BCUT2D eigenvalue weighted by molar-refractivity contribution is 5.45. The summed E-state index contributed by atoms with van der Waals surface area (Å²) in [6.07, 6.45) is 1.32. The molecule has 0 aromatic heterocycles. The molecule has 0 saturated carbocycles. The molecule has 15 heavy (non-hydrogen) atoms. The molecule has 0 saturated heterocycles. The van der Waals surface area contributed by atoms with Crippen molar-refractivity contribution in [3.05, 3.63) is 48.2 Å². The highest BCUT2D eigenvalue weighted by atomic mass is 16.5. The molecule has 1 N–H and O–H groups in total. The van der Waals surface area contributed by atoms with Crippen molar-refractivity contribution < 1.29 is 9.53 Å². The number of nitrogens with one attached hydrogen (secondary N) is 1. The highest BCUT2D eigenvalue weighted by Crippen LogP contribution is 2.06. The van der Waals surface area contributed by atoms with Crippen LogP contribution in [0.2, 0.25) is 0 Å². The third-order valence-electron chi connectivity index (χ3n) is 1.92. The van der Waals surface area contributed by atoms with E-state index in [2.05, 4.69) is 11.9 Å². The summed E-state index contributed by atoms with van der Waals surface area (Å²) in [4.78, 5) is 9.98. The Morgan fingerprint density at radius 1 is 1.40 bits per heavy atom. The Bertz CT molecular complexity index is 309. The van der Waals surface area contributed by atoms with Crippen LogP contribution in [0.25, 0.3) is 0 Å². The predicted octanol–water partition coefficient (Wildman–Crippen LogP) is 1.85. The third-order valence-corrected chi connectivity index (χ3v) is 1.92. The van der Waals surface area contributed by atoms with Crippen molar-refractivity contribution in [2.24, 2.45) is 0 Å². The van der Waals surface area contributed by atoms with Crippen molar-refractivity contribution in [1.29, 1.82) is 0 Å². The van der Waals surface area contributed by atoms with Crippen LogP contribution in [0, 0.1) is 0 Å². The molecular weight excluding hydrogens is 190 g/mol. The van der Waals surface area contributed by atoms with Gasteiger partial charge in [-0.25, -0.2) is 0 Å². The van der Waals surface area contributed by atoms with E-state index < -0.39 is 0 Å². The molecule has 0 radical (unpaired) electrons. The molecule has 80 valence electrons. The monoisotopic (exact) mass is 205 g/mol. The molecule has 1 rings (SSSR count). The van der Waals surface area contributed by atoms with E-state index in [9.17, 15) is 4.79 Å². The Hall–Kier alpha value is -1.77. The van der Waals surface area contributed by atoms with Crippen LogP contribution in [0.1, 0.15) is 12.0 Å². The standard InChI is InChI=1S/C12H15NO2/c1-11(7-8-13-10-14)15-9-12-5-3-2-4-6-12/h2-6,10H,1,7-9H2,(H,13,14). The maximum atomic E-state index is 9.98. The highest BCUT2D eigenvalue weighted by Gasteiger charge is 1.96. The molecule has 3 heteroatoms. The Morgan fingerprint density at radius 3 is 2.80 bits per heavy atom. The van der Waals surface area contributed by atoms with Gasteiger partial charge in [0.05, 0.1) is 5.76 Å². The normalized spacial score (nSPS) is 9.33. The number of hydrogen-bond acceptors (Lipinski definition) is 2. The molecule has 0 aliphatic carbocycles. The molecular formula is C12H15NO2. The van der Waals surface area contributed by atoms with E-state index in [0.29, 0.717) is 31.7 Å². The smallest absolute Gasteiger partial charge is 0.207 e. The molecule has 1 aromatic carbocycles. The summed E-state index contributed by atoms with van der Waals surface area (Å²) in [5.74, 6) is 0.688. The Balaban J connectivity index is 2.20. The third kappa shape index (κ3) is 4.86. The van der Waals surface area contributed by atoms with Gasteiger partial charge in [-0.15, -0.1) is 0 Å². The van der Waals surface area contributed by atoms with Crippen molar-refractivity contribution in [1.82, 2.24) is 5.32 Å². The first-order chi connectivity index (χ1) is 7.33. The van der Waals surface area contributed by atoms with Crippen LogP contribution in [-0.2, 0) is 16.1 Å². The number of rotatable bonds is 7. The Kier molecular flexibility index (Phi) is 5.01. The van der Waals surface area contributed by atoms with Crippen molar-refractivity contribution in [2.75, 3.05) is 6.54 Å². The summed E-state index contributed by atoms with van der Waals surface area (Å²) < 4.78 is 5.42. The molecule has 0 bridgehead atoms. The summed E-state index contributed by atoms with van der Waals surface area (Å²) in [6.45, 7) is 4.86. The fourth-order valence-electron chi connectivity index (χ4n) is 1.10. The van der Waals surface area contributed by atoms with Crippen molar-refractivity contribution >= 4 is 6.41 Å². The Morgan fingerprint density at radius 2 is 2.13 bits per heavy atom. The molecule has 0 fully saturated rings. The van der Waals surface area contributed by atoms with Crippen molar-refractivity contribution in [2.45, 2.75) is 13.0 Å². The summed E-state index contributed by atoms with van der Waals surface area (Å²) in [6, 6.07) is 9.89. The van der Waals surface area contributed by atoms with Gasteiger partial charge in [0.25, 0.3) is 0 Å². The zero-order valence-electron chi connectivity index (χ0n) is 8.61. The van der Waals surface area contributed by atoms with Gasteiger partial charge in [-0.1, -0.05) is 36.9 Å². The molecule has 0 heterocycles. The number of amides is 1. The van der Waals surface area contributed by atoms with E-state index in [-0.39, 0.29) is 0 Å². The topological polar surface area (TPSA) is 38.3 Å². The van der Waals surface area contributed by atoms with Crippen LogP contribution in [0.15, 0.2) is 42.7 Å². The van der Waals surface area contributed by atoms with E-state index >= 15 is 0 Å². The van der Waals surface area contributed by atoms with Gasteiger partial charge in [-0.05, 0) is 5.56 Å². The average molecular weight is 205 g/mol. The zero-order valence-corrected chi connectivity index (χ0v) is 8.61. The summed E-state index contributed by atoms with van der Waals surface area (Å²) in [5, 5.41) is 2.56. The number of hydrogen-bond donors (Lipinski definition) is 1. The molecule has 1 aromatic rings. The fourth-order valence-corrected chi connectivity index (χ4v) is 1.10. The van der Waals surface area contributed by atoms with Crippen LogP contribution < -0.4 is 5.32 Å². The summed E-state index contributed by atoms with van der Waals surface area (Å²) >= 11 is 0. The first-order valence-corrected chi connectivity index (χ1v) is 4.84. The molecule has 0 atom stereocenters. The first-order valence-electron chi connectivity index (χ1n) is 4.84. The van der Waals surface area contributed by atoms with E-state index in [0.717, 1.165) is 5.56 Å². The lowest BCUT2D eigenvalue weighted by Crippen LogP contribution is -2.13. The van der Waals surface area contributed by atoms with Gasteiger partial charge in [0.15, 0.2) is 0 Å². The van der Waals surface area contributed by atoms with Gasteiger partial charge < -0.3 is 10.1 Å². The SMILES string of the molecule is C=C(CCNC=O)OCc1ccccc1. The van der Waals surface area contributed by atoms with Gasteiger partial charge in [0.1, 0.15) is 6.61 Å². The van der Waals surface area contributed by atoms with Gasteiger partial charge >= 0.3 is 0 Å². The zero-order chi connectivity index (χ0) is 10.9. The van der Waals surface area contributed by atoms with Crippen LogP contribution in [0.3, 0.4) is 0 Å². The van der Waals surface area contributed by atoms with Crippen molar-refractivity contribution in [3.8, 4) is 0 Å². The van der Waals surface area contributed by atoms with E-state index in [4.69, 9.17) is 4.74 Å². The second kappa shape index (κ2) is 6.65. The molecule has 1 amide bonds. The molecule has 0 spiro atoms. The van der Waals surface area contributed by atoms with E-state index in [1.54, 1.807) is 0 Å². The predicted molar refractivity (Wildman–Crippen MR) is 59.1 cm³/mol. The number of carbonyl (C=O) groups is 1. The molecule has 0 aliphatic rings. The number of ether oxygens (including phenoxy) is 1. The van der Waals surface area contributed by atoms with E-state index in [1.807, 2.05) is 30.3 Å². The van der Waals surface area contributed by atoms with Crippen LogP contribution >= 0.6 is 0 Å². The van der Waals surface area contributed by atoms with Gasteiger partial charge in [-0.2, -0.15) is 0 Å². The maximum Gasteiger partial charge on any atom is 0.207 e. The van der Waals surface area contributed by atoms with Crippen LogP contribution in [-0.4, -0.2) is 13.0 Å². The van der Waals surface area contributed by atoms with Gasteiger partial charge in [0, 0.05) is 13.0 Å². The molecule has 0 unspecified atom stereocenters. The minimum atomic E-state index is 0.529. The summed E-state index contributed by atoms with van der Waals surface area (Å²) in [7, 11) is 0. The van der Waals surface area contributed by atoms with Gasteiger partial charge in [-0.3, -0.25) is 4.79 Å². The molecule has 0 aliphatic heterocycles. The minimum absolute atomic E-state index is 0.529. The van der Waals surface area contributed by atoms with Crippen LogP contribution in [0.5, 0.6) is 0 Å². The minimum Gasteiger partial charge on any atom is -0.494 e.